The van der Waals surface area contributed by atoms with E-state index in [1.807, 2.05) is 0 Å². The van der Waals surface area contributed by atoms with Crippen LogP contribution in [-0.4, -0.2) is 36.6 Å². The third-order valence-electron chi connectivity index (χ3n) is 4.20. The Morgan fingerprint density at radius 1 is 1.18 bits per heavy atom. The molecule has 1 heterocycles. The second kappa shape index (κ2) is 8.39. The number of nitrogens with one attached hydrogen (secondary N) is 2. The molecule has 1 aliphatic rings. The number of benzene rings is 1. The lowest BCUT2D eigenvalue weighted by molar-refractivity contribution is 0.128. The zero-order valence-corrected chi connectivity index (χ0v) is 14.2. The lowest BCUT2D eigenvalue weighted by Gasteiger charge is -2.37. The molecule has 0 radical (unpaired) electrons. The van der Waals surface area contributed by atoms with Gasteiger partial charge < -0.3 is 10.6 Å². The number of amides is 2. The normalized spacial score (nSPS) is 17.3. The molecule has 1 aromatic rings. The van der Waals surface area contributed by atoms with Crippen LogP contribution in [0.15, 0.2) is 24.3 Å². The van der Waals surface area contributed by atoms with E-state index in [-0.39, 0.29) is 6.03 Å². The van der Waals surface area contributed by atoms with Crippen molar-refractivity contribution in [2.24, 2.45) is 5.92 Å². The Bertz CT molecular complexity index is 469. The van der Waals surface area contributed by atoms with Crippen LogP contribution in [0, 0.1) is 5.92 Å². The summed E-state index contributed by atoms with van der Waals surface area (Å²) >= 11 is 5.84. The van der Waals surface area contributed by atoms with Gasteiger partial charge in [0.2, 0.25) is 0 Å². The van der Waals surface area contributed by atoms with Crippen LogP contribution in [0.5, 0.6) is 0 Å². The van der Waals surface area contributed by atoms with Crippen molar-refractivity contribution >= 4 is 23.3 Å². The predicted molar refractivity (Wildman–Crippen MR) is 92.5 cm³/mol. The number of anilines is 1. The Hall–Kier alpha value is -1.26. The van der Waals surface area contributed by atoms with Gasteiger partial charge in [0.15, 0.2) is 0 Å². The van der Waals surface area contributed by atoms with Crippen molar-refractivity contribution in [2.75, 3.05) is 25.0 Å². The molecule has 2 amide bonds. The van der Waals surface area contributed by atoms with Gasteiger partial charge in [-0.2, -0.15) is 0 Å². The summed E-state index contributed by atoms with van der Waals surface area (Å²) in [5.74, 6) is 0.522. The SMILES string of the molecule is CC(C)C(CNC(=O)Nc1ccc(Cl)cc1)N1CCCCC1. The Morgan fingerprint density at radius 3 is 2.41 bits per heavy atom. The molecule has 2 N–H and O–H groups in total. The number of carbonyl (C=O) groups is 1. The highest BCUT2D eigenvalue weighted by atomic mass is 35.5. The fourth-order valence-electron chi connectivity index (χ4n) is 2.94. The molecule has 1 saturated heterocycles. The van der Waals surface area contributed by atoms with Crippen LogP contribution in [0.25, 0.3) is 0 Å². The summed E-state index contributed by atoms with van der Waals surface area (Å²) < 4.78 is 0. The molecule has 0 spiro atoms. The summed E-state index contributed by atoms with van der Waals surface area (Å²) in [4.78, 5) is 14.5. The Morgan fingerprint density at radius 2 is 1.82 bits per heavy atom. The van der Waals surface area contributed by atoms with E-state index in [2.05, 4.69) is 29.4 Å². The largest absolute Gasteiger partial charge is 0.336 e. The number of rotatable bonds is 5. The number of halogens is 1. The van der Waals surface area contributed by atoms with Crippen LogP contribution in [0.2, 0.25) is 5.02 Å². The molecule has 1 aliphatic heterocycles. The number of carbonyl (C=O) groups excluding carboxylic acids is 1. The Balaban J connectivity index is 1.83. The maximum Gasteiger partial charge on any atom is 0.319 e. The lowest BCUT2D eigenvalue weighted by Crippen LogP contribution is -2.49. The molecular formula is C17H26ClN3O. The van der Waals surface area contributed by atoms with Crippen molar-refractivity contribution in [3.8, 4) is 0 Å². The number of hydrogen-bond acceptors (Lipinski definition) is 2. The number of nitrogens with zero attached hydrogens (tertiary/aromatic N) is 1. The molecule has 1 atom stereocenters. The summed E-state index contributed by atoms with van der Waals surface area (Å²) in [6.45, 7) is 7.40. The molecule has 0 aromatic heterocycles. The van der Waals surface area contributed by atoms with Crippen molar-refractivity contribution in [1.82, 2.24) is 10.2 Å². The molecule has 122 valence electrons. The second-order valence-corrected chi connectivity index (χ2v) is 6.69. The van der Waals surface area contributed by atoms with Crippen LogP contribution in [0.1, 0.15) is 33.1 Å². The lowest BCUT2D eigenvalue weighted by atomic mass is 9.99. The standard InChI is InChI=1S/C17H26ClN3O/c1-13(2)16(21-10-4-3-5-11-21)12-19-17(22)20-15-8-6-14(18)7-9-15/h6-9,13,16H,3-5,10-12H2,1-2H3,(H2,19,20,22). The minimum absolute atomic E-state index is 0.162. The fourth-order valence-corrected chi connectivity index (χ4v) is 3.07. The smallest absolute Gasteiger partial charge is 0.319 e. The van der Waals surface area contributed by atoms with E-state index >= 15 is 0 Å². The maximum atomic E-state index is 12.0. The average molecular weight is 324 g/mol. The summed E-state index contributed by atoms with van der Waals surface area (Å²) in [5.41, 5.74) is 0.751. The maximum absolute atomic E-state index is 12.0. The number of hydrogen-bond donors (Lipinski definition) is 2. The fraction of sp³-hybridized carbons (Fsp3) is 0.588. The highest BCUT2D eigenvalue weighted by molar-refractivity contribution is 6.30. The number of likely N-dealkylation sites (tertiary alicyclic amines) is 1. The first-order valence-electron chi connectivity index (χ1n) is 8.10. The van der Waals surface area contributed by atoms with Gasteiger partial charge in [0.1, 0.15) is 0 Å². The van der Waals surface area contributed by atoms with Gasteiger partial charge >= 0.3 is 6.03 Å². The number of piperidine rings is 1. The minimum atomic E-state index is -0.162. The first kappa shape index (κ1) is 17.1. The van der Waals surface area contributed by atoms with Gasteiger partial charge in [0.05, 0.1) is 0 Å². The predicted octanol–water partition coefficient (Wildman–Crippen LogP) is 3.97. The highest BCUT2D eigenvalue weighted by Crippen LogP contribution is 2.17. The summed E-state index contributed by atoms with van der Waals surface area (Å²) in [6.07, 6.45) is 3.85. The van der Waals surface area contributed by atoms with Gasteiger partial charge in [-0.15, -0.1) is 0 Å². The van der Waals surface area contributed by atoms with Gasteiger partial charge in [-0.05, 0) is 56.1 Å². The molecule has 22 heavy (non-hydrogen) atoms. The molecule has 1 aromatic carbocycles. The van der Waals surface area contributed by atoms with Gasteiger partial charge in [-0.1, -0.05) is 31.9 Å². The zero-order valence-electron chi connectivity index (χ0n) is 13.4. The molecule has 0 saturated carbocycles. The van der Waals surface area contributed by atoms with Crippen LogP contribution in [-0.2, 0) is 0 Å². The van der Waals surface area contributed by atoms with Gasteiger partial charge in [-0.25, -0.2) is 4.79 Å². The molecule has 0 aliphatic carbocycles. The highest BCUT2D eigenvalue weighted by Gasteiger charge is 2.23. The van der Waals surface area contributed by atoms with Crippen LogP contribution >= 0.6 is 11.6 Å². The third-order valence-corrected chi connectivity index (χ3v) is 4.46. The molecular weight excluding hydrogens is 298 g/mol. The first-order chi connectivity index (χ1) is 10.6. The molecule has 2 rings (SSSR count). The third kappa shape index (κ3) is 5.18. The molecule has 1 unspecified atom stereocenters. The van der Waals surface area contributed by atoms with Crippen molar-refractivity contribution in [3.63, 3.8) is 0 Å². The van der Waals surface area contributed by atoms with E-state index in [0.29, 0.717) is 23.5 Å². The zero-order chi connectivity index (χ0) is 15.9. The first-order valence-corrected chi connectivity index (χ1v) is 8.48. The van der Waals surface area contributed by atoms with Crippen LogP contribution in [0.4, 0.5) is 10.5 Å². The topological polar surface area (TPSA) is 44.4 Å². The van der Waals surface area contributed by atoms with E-state index in [0.717, 1.165) is 18.8 Å². The van der Waals surface area contributed by atoms with Crippen molar-refractivity contribution < 1.29 is 4.79 Å². The van der Waals surface area contributed by atoms with Crippen molar-refractivity contribution in [1.29, 1.82) is 0 Å². The van der Waals surface area contributed by atoms with Gasteiger partial charge in [0.25, 0.3) is 0 Å². The summed E-state index contributed by atoms with van der Waals surface area (Å²) in [6, 6.07) is 7.36. The minimum Gasteiger partial charge on any atom is -0.336 e. The summed E-state index contributed by atoms with van der Waals surface area (Å²) in [5, 5.41) is 6.50. The van der Waals surface area contributed by atoms with Crippen LogP contribution in [0.3, 0.4) is 0 Å². The Labute approximate surface area is 138 Å². The van der Waals surface area contributed by atoms with Gasteiger partial charge in [0, 0.05) is 23.3 Å². The summed E-state index contributed by atoms with van der Waals surface area (Å²) in [7, 11) is 0. The number of urea groups is 1. The van der Waals surface area contributed by atoms with Crippen molar-refractivity contribution in [3.05, 3.63) is 29.3 Å². The van der Waals surface area contributed by atoms with Gasteiger partial charge in [-0.3, -0.25) is 4.90 Å². The van der Waals surface area contributed by atoms with E-state index in [1.165, 1.54) is 19.3 Å². The van der Waals surface area contributed by atoms with E-state index < -0.39 is 0 Å². The van der Waals surface area contributed by atoms with Crippen LogP contribution < -0.4 is 10.6 Å². The molecule has 0 bridgehead atoms. The van der Waals surface area contributed by atoms with E-state index in [1.54, 1.807) is 24.3 Å². The molecule has 1 fully saturated rings. The molecule has 5 heteroatoms. The monoisotopic (exact) mass is 323 g/mol. The average Bonchev–Trinajstić information content (AvgIpc) is 2.50. The quantitative estimate of drug-likeness (QED) is 0.861. The van der Waals surface area contributed by atoms with E-state index in [4.69, 9.17) is 11.6 Å². The molecule has 4 nitrogen and oxygen atoms in total. The van der Waals surface area contributed by atoms with Crippen molar-refractivity contribution in [2.45, 2.75) is 39.2 Å². The Kier molecular flexibility index (Phi) is 6.52. The second-order valence-electron chi connectivity index (χ2n) is 6.25. The van der Waals surface area contributed by atoms with E-state index in [9.17, 15) is 4.79 Å².